The number of hydrogen-bond donors (Lipinski definition) is 3. The average molecular weight is 348 g/mol. The van der Waals surface area contributed by atoms with Crippen molar-refractivity contribution in [1.82, 2.24) is 5.32 Å². The summed E-state index contributed by atoms with van der Waals surface area (Å²) in [5.41, 5.74) is 1.60. The molecule has 0 radical (unpaired) electrons. The van der Waals surface area contributed by atoms with Crippen molar-refractivity contribution in [3.05, 3.63) is 59.1 Å². The molecule has 5 nitrogen and oxygen atoms in total. The molecular formula is C16H14ClN3O2S. The number of carbonyl (C=O) groups is 2. The molecule has 0 unspecified atom stereocenters. The maximum atomic E-state index is 12.2. The van der Waals surface area contributed by atoms with Crippen molar-refractivity contribution in [2.24, 2.45) is 0 Å². The third-order valence-corrected chi connectivity index (χ3v) is 3.32. The summed E-state index contributed by atoms with van der Waals surface area (Å²) >= 11 is 11.0. The first-order chi connectivity index (χ1) is 11.0. The number of amides is 2. The molecule has 23 heavy (non-hydrogen) atoms. The van der Waals surface area contributed by atoms with Gasteiger partial charge < -0.3 is 16.0 Å². The highest BCUT2D eigenvalue weighted by molar-refractivity contribution is 7.80. The van der Waals surface area contributed by atoms with Gasteiger partial charge in [-0.2, -0.15) is 0 Å². The molecule has 2 aromatic carbocycles. The molecule has 0 aromatic heterocycles. The fourth-order valence-electron chi connectivity index (χ4n) is 1.84. The van der Waals surface area contributed by atoms with E-state index >= 15 is 0 Å². The monoisotopic (exact) mass is 347 g/mol. The Morgan fingerprint density at radius 2 is 1.65 bits per heavy atom. The number of thiocarbonyl (C=S) groups is 1. The van der Waals surface area contributed by atoms with Crippen LogP contribution in [0.1, 0.15) is 17.3 Å². The van der Waals surface area contributed by atoms with Crippen LogP contribution >= 0.6 is 23.8 Å². The first kappa shape index (κ1) is 16.9. The molecule has 0 spiro atoms. The van der Waals surface area contributed by atoms with Gasteiger partial charge >= 0.3 is 0 Å². The van der Waals surface area contributed by atoms with E-state index in [2.05, 4.69) is 16.0 Å². The minimum atomic E-state index is -0.308. The zero-order chi connectivity index (χ0) is 16.8. The summed E-state index contributed by atoms with van der Waals surface area (Å²) in [5.74, 6) is -0.567. The summed E-state index contributed by atoms with van der Waals surface area (Å²) < 4.78 is 0. The fourth-order valence-corrected chi connectivity index (χ4v) is 2.32. The molecule has 0 aliphatic rings. The smallest absolute Gasteiger partial charge is 0.257 e. The average Bonchev–Trinajstić information content (AvgIpc) is 2.47. The van der Waals surface area contributed by atoms with Crippen molar-refractivity contribution in [2.75, 3.05) is 10.6 Å². The second kappa shape index (κ2) is 7.71. The largest absolute Gasteiger partial charge is 0.332 e. The van der Waals surface area contributed by atoms with Gasteiger partial charge in [0.25, 0.3) is 5.91 Å². The molecule has 0 atom stereocenters. The van der Waals surface area contributed by atoms with E-state index in [4.69, 9.17) is 23.8 Å². The Kier molecular flexibility index (Phi) is 5.67. The molecule has 3 N–H and O–H groups in total. The van der Waals surface area contributed by atoms with Gasteiger partial charge in [0.05, 0.1) is 10.6 Å². The highest BCUT2D eigenvalue weighted by atomic mass is 35.5. The van der Waals surface area contributed by atoms with Gasteiger partial charge in [0.15, 0.2) is 5.11 Å². The topological polar surface area (TPSA) is 70.2 Å². The Morgan fingerprint density at radius 1 is 1.00 bits per heavy atom. The zero-order valence-electron chi connectivity index (χ0n) is 12.2. The normalized spacial score (nSPS) is 9.83. The van der Waals surface area contributed by atoms with Crippen LogP contribution in [0.15, 0.2) is 48.5 Å². The lowest BCUT2D eigenvalue weighted by atomic mass is 10.2. The summed E-state index contributed by atoms with van der Waals surface area (Å²) in [5, 5.41) is 8.65. The fraction of sp³-hybridized carbons (Fsp3) is 0.0625. The Hall–Kier alpha value is -2.44. The van der Waals surface area contributed by atoms with Crippen molar-refractivity contribution in [3.63, 3.8) is 0 Å². The van der Waals surface area contributed by atoms with Gasteiger partial charge in [0, 0.05) is 18.3 Å². The highest BCUT2D eigenvalue weighted by Crippen LogP contribution is 2.19. The molecule has 0 saturated carbocycles. The molecule has 0 aliphatic heterocycles. The Bertz CT molecular complexity index is 764. The third-order valence-electron chi connectivity index (χ3n) is 2.79. The predicted octanol–water partition coefficient (Wildman–Crippen LogP) is 3.43. The minimum absolute atomic E-state index is 0.187. The van der Waals surface area contributed by atoms with Gasteiger partial charge in [0.2, 0.25) is 5.91 Å². The van der Waals surface area contributed by atoms with Crippen LogP contribution in [0.5, 0.6) is 0 Å². The number of nitrogens with one attached hydrogen (secondary N) is 3. The van der Waals surface area contributed by atoms with Crippen molar-refractivity contribution in [3.8, 4) is 0 Å². The van der Waals surface area contributed by atoms with Crippen molar-refractivity contribution in [1.29, 1.82) is 0 Å². The van der Waals surface area contributed by atoms with Gasteiger partial charge in [-0.3, -0.25) is 9.59 Å². The molecule has 2 rings (SSSR count). The van der Waals surface area contributed by atoms with Crippen LogP contribution in [0, 0.1) is 0 Å². The molecule has 0 fully saturated rings. The third kappa shape index (κ3) is 5.05. The van der Waals surface area contributed by atoms with Crippen LogP contribution in [-0.4, -0.2) is 16.9 Å². The summed E-state index contributed by atoms with van der Waals surface area (Å²) in [4.78, 5) is 23.2. The minimum Gasteiger partial charge on any atom is -0.332 e. The SMILES string of the molecule is CC(=O)NC(=S)Nc1cccc(NC(=O)c2ccccc2Cl)c1. The Balaban J connectivity index is 2.08. The number of benzene rings is 2. The molecule has 118 valence electrons. The lowest BCUT2D eigenvalue weighted by Crippen LogP contribution is -2.32. The second-order valence-corrected chi connectivity index (χ2v) is 5.47. The number of hydrogen-bond acceptors (Lipinski definition) is 3. The van der Waals surface area contributed by atoms with Gasteiger partial charge in [-0.05, 0) is 42.5 Å². The standard InChI is InChI=1S/C16H14ClN3O2S/c1-10(21)18-16(23)20-12-6-4-5-11(9-12)19-15(22)13-7-2-3-8-14(13)17/h2-9H,1H3,(H,19,22)(H2,18,20,21,23). The Labute approximate surface area is 144 Å². The van der Waals surface area contributed by atoms with Crippen molar-refractivity contribution in [2.45, 2.75) is 6.92 Å². The van der Waals surface area contributed by atoms with E-state index in [0.29, 0.717) is 22.0 Å². The second-order valence-electron chi connectivity index (χ2n) is 4.65. The van der Waals surface area contributed by atoms with E-state index in [1.54, 1.807) is 48.5 Å². The van der Waals surface area contributed by atoms with Crippen LogP contribution in [0.3, 0.4) is 0 Å². The summed E-state index contributed by atoms with van der Waals surface area (Å²) in [6, 6.07) is 13.7. The van der Waals surface area contributed by atoms with E-state index < -0.39 is 0 Å². The van der Waals surface area contributed by atoms with Crippen LogP contribution in [0.4, 0.5) is 11.4 Å². The van der Waals surface area contributed by atoms with Gasteiger partial charge in [-0.1, -0.05) is 29.8 Å². The number of anilines is 2. The molecule has 7 heteroatoms. The predicted molar refractivity (Wildman–Crippen MR) is 95.9 cm³/mol. The van der Waals surface area contributed by atoms with Crippen LogP contribution in [-0.2, 0) is 4.79 Å². The lowest BCUT2D eigenvalue weighted by molar-refractivity contribution is -0.117. The van der Waals surface area contributed by atoms with Crippen LogP contribution in [0.2, 0.25) is 5.02 Å². The van der Waals surface area contributed by atoms with E-state index in [1.165, 1.54) is 6.92 Å². The van der Waals surface area contributed by atoms with Crippen molar-refractivity contribution < 1.29 is 9.59 Å². The molecule has 0 saturated heterocycles. The van der Waals surface area contributed by atoms with E-state index in [9.17, 15) is 9.59 Å². The first-order valence-corrected chi connectivity index (χ1v) is 7.49. The molecule has 2 aromatic rings. The Morgan fingerprint density at radius 3 is 2.30 bits per heavy atom. The van der Waals surface area contributed by atoms with Crippen LogP contribution < -0.4 is 16.0 Å². The lowest BCUT2D eigenvalue weighted by Gasteiger charge is -2.11. The maximum Gasteiger partial charge on any atom is 0.257 e. The molecule has 0 bridgehead atoms. The maximum absolute atomic E-state index is 12.2. The first-order valence-electron chi connectivity index (χ1n) is 6.70. The summed E-state index contributed by atoms with van der Waals surface area (Å²) in [7, 11) is 0. The number of rotatable bonds is 3. The number of carbonyl (C=O) groups excluding carboxylic acids is 2. The molecule has 0 heterocycles. The van der Waals surface area contributed by atoms with Crippen molar-refractivity contribution >= 4 is 52.1 Å². The van der Waals surface area contributed by atoms with Gasteiger partial charge in [-0.25, -0.2) is 0 Å². The van der Waals surface area contributed by atoms with Gasteiger partial charge in [0.1, 0.15) is 0 Å². The molecule has 0 aliphatic carbocycles. The quantitative estimate of drug-likeness (QED) is 0.744. The highest BCUT2D eigenvalue weighted by Gasteiger charge is 2.10. The molecule has 2 amide bonds. The van der Waals surface area contributed by atoms with E-state index in [-0.39, 0.29) is 16.9 Å². The van der Waals surface area contributed by atoms with Gasteiger partial charge in [-0.15, -0.1) is 0 Å². The molecular weight excluding hydrogens is 334 g/mol. The summed E-state index contributed by atoms with van der Waals surface area (Å²) in [6.45, 7) is 1.37. The zero-order valence-corrected chi connectivity index (χ0v) is 13.8. The summed E-state index contributed by atoms with van der Waals surface area (Å²) in [6.07, 6.45) is 0. The van der Waals surface area contributed by atoms with E-state index in [0.717, 1.165) is 0 Å². The van der Waals surface area contributed by atoms with Crippen LogP contribution in [0.25, 0.3) is 0 Å². The number of halogens is 1. The van der Waals surface area contributed by atoms with E-state index in [1.807, 2.05) is 0 Å².